The van der Waals surface area contributed by atoms with Crippen molar-refractivity contribution in [3.63, 3.8) is 0 Å². The van der Waals surface area contributed by atoms with Crippen LogP contribution in [0.4, 0.5) is 11.5 Å². The number of hydrogen-bond donors (Lipinski definition) is 3. The molecule has 0 saturated heterocycles. The highest BCUT2D eigenvalue weighted by molar-refractivity contribution is 5.65. The summed E-state index contributed by atoms with van der Waals surface area (Å²) < 4.78 is 1.42. The summed E-state index contributed by atoms with van der Waals surface area (Å²) in [7, 11) is 0. The minimum atomic E-state index is -0.292. The molecule has 112 valence electrons. The maximum Gasteiger partial charge on any atom is 0.347 e. The van der Waals surface area contributed by atoms with Gasteiger partial charge in [0, 0.05) is 18.3 Å². The number of H-pyrrole nitrogens is 1. The Bertz CT molecular complexity index is 894. The lowest BCUT2D eigenvalue weighted by Gasteiger charge is -2.09. The molecule has 0 radical (unpaired) electrons. The number of aromatic nitrogens is 5. The van der Waals surface area contributed by atoms with Crippen molar-refractivity contribution < 1.29 is 0 Å². The fraction of sp³-hybridized carbons (Fsp3) is 0.286. The molecule has 0 aromatic carbocycles. The fourth-order valence-electron chi connectivity index (χ4n) is 2.27. The van der Waals surface area contributed by atoms with Crippen LogP contribution < -0.4 is 16.7 Å². The standard InChI is InChI=1S/C14H15N7O/c15-10-6-17-12(18-13(10)16-5-8-1-2-8)9-3-4-11-19-20-14(22)21(11)7-9/h3-4,6-8H,1-2,5,15H2,(H,20,22)(H,16,17,18). The van der Waals surface area contributed by atoms with Gasteiger partial charge in [0.15, 0.2) is 17.3 Å². The third-order valence-electron chi connectivity index (χ3n) is 3.74. The van der Waals surface area contributed by atoms with Crippen molar-refractivity contribution in [2.24, 2.45) is 5.92 Å². The van der Waals surface area contributed by atoms with Crippen molar-refractivity contribution in [2.45, 2.75) is 12.8 Å². The number of nitrogens with zero attached hydrogens (tertiary/aromatic N) is 4. The molecule has 1 aliphatic carbocycles. The van der Waals surface area contributed by atoms with Crippen molar-refractivity contribution in [3.8, 4) is 11.4 Å². The zero-order chi connectivity index (χ0) is 15.1. The van der Waals surface area contributed by atoms with Gasteiger partial charge in [0.05, 0.1) is 11.9 Å². The van der Waals surface area contributed by atoms with E-state index >= 15 is 0 Å². The van der Waals surface area contributed by atoms with E-state index in [0.717, 1.165) is 18.0 Å². The van der Waals surface area contributed by atoms with Gasteiger partial charge in [-0.1, -0.05) is 0 Å². The van der Waals surface area contributed by atoms with E-state index in [0.29, 0.717) is 23.0 Å². The van der Waals surface area contributed by atoms with Crippen LogP contribution in [-0.2, 0) is 0 Å². The van der Waals surface area contributed by atoms with Gasteiger partial charge in [-0.05, 0) is 30.9 Å². The summed E-state index contributed by atoms with van der Waals surface area (Å²) >= 11 is 0. The molecular formula is C14H15N7O. The molecule has 0 spiro atoms. The van der Waals surface area contributed by atoms with Gasteiger partial charge >= 0.3 is 5.69 Å². The third-order valence-corrected chi connectivity index (χ3v) is 3.74. The van der Waals surface area contributed by atoms with Crippen LogP contribution in [0.25, 0.3) is 17.0 Å². The van der Waals surface area contributed by atoms with E-state index in [2.05, 4.69) is 25.5 Å². The summed E-state index contributed by atoms with van der Waals surface area (Å²) in [6.07, 6.45) is 5.76. The van der Waals surface area contributed by atoms with Gasteiger partial charge in [-0.15, -0.1) is 0 Å². The van der Waals surface area contributed by atoms with Crippen molar-refractivity contribution in [1.29, 1.82) is 0 Å². The lowest BCUT2D eigenvalue weighted by atomic mass is 10.2. The SMILES string of the molecule is Nc1cnc(-c2ccc3n[nH]c(=O)n3c2)nc1NCC1CC1. The summed E-state index contributed by atoms with van der Waals surface area (Å²) in [6.45, 7) is 0.876. The van der Waals surface area contributed by atoms with Crippen molar-refractivity contribution >= 4 is 17.2 Å². The molecule has 3 heterocycles. The van der Waals surface area contributed by atoms with E-state index in [1.54, 1.807) is 18.5 Å². The molecule has 0 unspecified atom stereocenters. The van der Waals surface area contributed by atoms with Crippen LogP contribution >= 0.6 is 0 Å². The molecular weight excluding hydrogens is 282 g/mol. The maximum absolute atomic E-state index is 11.6. The first-order valence-corrected chi connectivity index (χ1v) is 7.14. The highest BCUT2D eigenvalue weighted by Gasteiger charge is 2.21. The first-order chi connectivity index (χ1) is 10.7. The summed E-state index contributed by atoms with van der Waals surface area (Å²) in [5.41, 5.74) is 7.42. The Kier molecular flexibility index (Phi) is 2.81. The summed E-state index contributed by atoms with van der Waals surface area (Å²) in [5, 5.41) is 9.56. The first kappa shape index (κ1) is 12.8. The molecule has 1 saturated carbocycles. The van der Waals surface area contributed by atoms with Gasteiger partial charge in [0.2, 0.25) is 0 Å². The minimum absolute atomic E-state index is 0.292. The second kappa shape index (κ2) is 4.83. The highest BCUT2D eigenvalue weighted by Crippen LogP contribution is 2.29. The second-order valence-corrected chi connectivity index (χ2v) is 5.50. The van der Waals surface area contributed by atoms with Gasteiger partial charge in [0.1, 0.15) is 0 Å². The molecule has 3 aromatic rings. The molecule has 8 nitrogen and oxygen atoms in total. The average molecular weight is 297 g/mol. The van der Waals surface area contributed by atoms with E-state index in [4.69, 9.17) is 5.73 Å². The van der Waals surface area contributed by atoms with E-state index < -0.39 is 0 Å². The Hall–Kier alpha value is -2.90. The number of aromatic amines is 1. The van der Waals surface area contributed by atoms with Crippen molar-refractivity contribution in [2.75, 3.05) is 17.6 Å². The maximum atomic E-state index is 11.6. The normalized spacial score (nSPS) is 14.4. The molecule has 0 atom stereocenters. The number of nitrogens with one attached hydrogen (secondary N) is 2. The van der Waals surface area contributed by atoms with E-state index in [9.17, 15) is 4.79 Å². The van der Waals surface area contributed by atoms with Crippen LogP contribution in [0.5, 0.6) is 0 Å². The Morgan fingerprint density at radius 1 is 1.41 bits per heavy atom. The van der Waals surface area contributed by atoms with Gasteiger partial charge in [-0.2, -0.15) is 5.10 Å². The van der Waals surface area contributed by atoms with Crippen LogP contribution in [0, 0.1) is 5.92 Å². The first-order valence-electron chi connectivity index (χ1n) is 7.14. The van der Waals surface area contributed by atoms with Crippen molar-refractivity contribution in [3.05, 3.63) is 35.0 Å². The predicted molar refractivity (Wildman–Crippen MR) is 82.5 cm³/mol. The number of hydrogen-bond acceptors (Lipinski definition) is 6. The number of fused-ring (bicyclic) bond motifs is 1. The zero-order valence-electron chi connectivity index (χ0n) is 11.8. The number of anilines is 2. The minimum Gasteiger partial charge on any atom is -0.394 e. The quantitative estimate of drug-likeness (QED) is 0.659. The van der Waals surface area contributed by atoms with E-state index in [1.807, 2.05) is 6.07 Å². The van der Waals surface area contributed by atoms with E-state index in [-0.39, 0.29) is 5.69 Å². The van der Waals surface area contributed by atoms with Crippen LogP contribution in [0.3, 0.4) is 0 Å². The fourth-order valence-corrected chi connectivity index (χ4v) is 2.27. The summed E-state index contributed by atoms with van der Waals surface area (Å²) in [4.78, 5) is 20.4. The van der Waals surface area contributed by atoms with Gasteiger partial charge < -0.3 is 11.1 Å². The van der Waals surface area contributed by atoms with Gasteiger partial charge in [-0.25, -0.2) is 24.3 Å². The van der Waals surface area contributed by atoms with E-state index in [1.165, 1.54) is 17.2 Å². The molecule has 4 N–H and O–H groups in total. The lowest BCUT2D eigenvalue weighted by molar-refractivity contribution is 0.882. The predicted octanol–water partition coefficient (Wildman–Crippen LogP) is 0.884. The van der Waals surface area contributed by atoms with Crippen LogP contribution in [0.1, 0.15) is 12.8 Å². The average Bonchev–Trinajstić information content (AvgIpc) is 3.29. The zero-order valence-corrected chi connectivity index (χ0v) is 11.8. The molecule has 1 aliphatic rings. The monoisotopic (exact) mass is 297 g/mol. The smallest absolute Gasteiger partial charge is 0.347 e. The molecule has 0 aliphatic heterocycles. The number of nitrogens with two attached hydrogens (primary N) is 1. The number of pyridine rings is 1. The van der Waals surface area contributed by atoms with Crippen LogP contribution in [-0.4, -0.2) is 31.1 Å². The third kappa shape index (κ3) is 2.28. The van der Waals surface area contributed by atoms with Crippen molar-refractivity contribution in [1.82, 2.24) is 24.6 Å². The molecule has 8 heteroatoms. The Balaban J connectivity index is 1.71. The largest absolute Gasteiger partial charge is 0.394 e. The number of rotatable bonds is 4. The summed E-state index contributed by atoms with van der Waals surface area (Å²) in [5.74, 6) is 1.87. The Morgan fingerprint density at radius 3 is 3.09 bits per heavy atom. The molecule has 0 amide bonds. The Morgan fingerprint density at radius 2 is 2.27 bits per heavy atom. The highest BCUT2D eigenvalue weighted by atomic mass is 16.1. The topological polar surface area (TPSA) is 114 Å². The Labute approximate surface area is 125 Å². The van der Waals surface area contributed by atoms with Gasteiger partial charge in [0.25, 0.3) is 0 Å². The molecule has 1 fully saturated rings. The second-order valence-electron chi connectivity index (χ2n) is 5.50. The summed E-state index contributed by atoms with van der Waals surface area (Å²) in [6, 6.07) is 3.57. The van der Waals surface area contributed by atoms with Crippen LogP contribution in [0.15, 0.2) is 29.3 Å². The molecule has 22 heavy (non-hydrogen) atoms. The number of nitrogen functional groups attached to an aromatic ring is 1. The molecule has 0 bridgehead atoms. The lowest BCUT2D eigenvalue weighted by Crippen LogP contribution is -2.10. The van der Waals surface area contributed by atoms with Gasteiger partial charge in [-0.3, -0.25) is 0 Å². The van der Waals surface area contributed by atoms with Crippen LogP contribution in [0.2, 0.25) is 0 Å². The molecule has 4 rings (SSSR count). The molecule has 3 aromatic heterocycles.